The number of para-hydroxylation sites is 2. The number of phenols is 1. The number of aryl methyl sites for hydroxylation is 1. The highest BCUT2D eigenvalue weighted by molar-refractivity contribution is 5.86. The summed E-state index contributed by atoms with van der Waals surface area (Å²) in [7, 11) is 3.16. The highest BCUT2D eigenvalue weighted by Gasteiger charge is 2.30. The molecule has 0 spiro atoms. The van der Waals surface area contributed by atoms with E-state index in [-0.39, 0.29) is 23.0 Å². The second-order valence-electron chi connectivity index (χ2n) is 7.04. The summed E-state index contributed by atoms with van der Waals surface area (Å²) < 4.78 is 4.59. The van der Waals surface area contributed by atoms with Crippen molar-refractivity contribution in [1.82, 2.24) is 13.7 Å². The maximum Gasteiger partial charge on any atom is 0.331 e. The molecule has 7 nitrogen and oxygen atoms in total. The lowest BCUT2D eigenvalue weighted by Crippen LogP contribution is -2.37. The SMILES string of the molecule is Cn1c(=O)c2cn3c(c2n(C)c1=O)[C@@H](c1cccc(O)c1)Nc1ccccc1-3. The molecule has 0 bridgehead atoms. The van der Waals surface area contributed by atoms with Gasteiger partial charge in [0.2, 0.25) is 0 Å². The van der Waals surface area contributed by atoms with E-state index in [0.29, 0.717) is 10.9 Å². The molecule has 0 saturated heterocycles. The molecule has 0 radical (unpaired) electrons. The van der Waals surface area contributed by atoms with E-state index >= 15 is 0 Å². The molecule has 0 unspecified atom stereocenters. The van der Waals surface area contributed by atoms with Gasteiger partial charge in [-0.1, -0.05) is 24.3 Å². The van der Waals surface area contributed by atoms with E-state index in [9.17, 15) is 14.7 Å². The van der Waals surface area contributed by atoms with Gasteiger partial charge >= 0.3 is 5.69 Å². The Hall–Kier alpha value is -3.74. The van der Waals surface area contributed by atoms with Gasteiger partial charge in [0.05, 0.1) is 34.0 Å². The number of benzene rings is 2. The van der Waals surface area contributed by atoms with Crippen molar-refractivity contribution in [3.05, 3.63) is 86.8 Å². The Kier molecular flexibility index (Phi) is 3.30. The molecule has 28 heavy (non-hydrogen) atoms. The minimum atomic E-state index is -0.375. The lowest BCUT2D eigenvalue weighted by Gasteiger charge is -2.30. The maximum absolute atomic E-state index is 12.8. The van der Waals surface area contributed by atoms with E-state index < -0.39 is 0 Å². The average Bonchev–Trinajstić information content (AvgIpc) is 3.11. The molecule has 0 saturated carbocycles. The van der Waals surface area contributed by atoms with Crippen molar-refractivity contribution in [2.24, 2.45) is 14.1 Å². The zero-order valence-corrected chi connectivity index (χ0v) is 15.4. The van der Waals surface area contributed by atoms with Crippen LogP contribution in [0.1, 0.15) is 17.3 Å². The molecule has 7 heteroatoms. The predicted octanol–water partition coefficient (Wildman–Crippen LogP) is 2.25. The van der Waals surface area contributed by atoms with E-state index in [0.717, 1.165) is 27.2 Å². The van der Waals surface area contributed by atoms with Gasteiger partial charge in [-0.25, -0.2) is 4.79 Å². The molecule has 5 rings (SSSR count). The van der Waals surface area contributed by atoms with Crippen LogP contribution in [0.4, 0.5) is 5.69 Å². The molecule has 1 aliphatic rings. The number of nitrogens with one attached hydrogen (secondary N) is 1. The number of hydrogen-bond donors (Lipinski definition) is 2. The van der Waals surface area contributed by atoms with Gasteiger partial charge in [0.15, 0.2) is 0 Å². The van der Waals surface area contributed by atoms with Crippen LogP contribution in [-0.4, -0.2) is 18.8 Å². The Morgan fingerprint density at radius 1 is 1.00 bits per heavy atom. The van der Waals surface area contributed by atoms with Crippen LogP contribution >= 0.6 is 0 Å². The zero-order chi connectivity index (χ0) is 19.6. The summed E-state index contributed by atoms with van der Waals surface area (Å²) in [4.78, 5) is 25.4. The van der Waals surface area contributed by atoms with Crippen LogP contribution in [0.2, 0.25) is 0 Å². The van der Waals surface area contributed by atoms with Crippen molar-refractivity contribution in [1.29, 1.82) is 0 Å². The van der Waals surface area contributed by atoms with Gasteiger partial charge in [-0.3, -0.25) is 13.9 Å². The van der Waals surface area contributed by atoms with Gasteiger partial charge in [-0.2, -0.15) is 0 Å². The number of anilines is 1. The number of rotatable bonds is 1. The molecule has 0 fully saturated rings. The summed E-state index contributed by atoms with van der Waals surface area (Å²) in [5.41, 5.74) is 3.32. The van der Waals surface area contributed by atoms with Crippen LogP contribution in [0.5, 0.6) is 5.75 Å². The zero-order valence-electron chi connectivity index (χ0n) is 15.4. The van der Waals surface area contributed by atoms with Gasteiger partial charge in [-0.05, 0) is 29.8 Å². The summed E-state index contributed by atoms with van der Waals surface area (Å²) in [6.07, 6.45) is 1.79. The molecule has 2 aromatic heterocycles. The second kappa shape index (κ2) is 5.63. The van der Waals surface area contributed by atoms with Crippen molar-refractivity contribution in [2.45, 2.75) is 6.04 Å². The first-order valence-corrected chi connectivity index (χ1v) is 8.93. The number of aromatic hydroxyl groups is 1. The smallest absolute Gasteiger partial charge is 0.331 e. The van der Waals surface area contributed by atoms with Crippen LogP contribution in [0.25, 0.3) is 16.6 Å². The van der Waals surface area contributed by atoms with Gasteiger partial charge in [0, 0.05) is 20.3 Å². The third-order valence-corrected chi connectivity index (χ3v) is 5.40. The Labute approximate surface area is 159 Å². The van der Waals surface area contributed by atoms with E-state index in [1.807, 2.05) is 34.9 Å². The highest BCUT2D eigenvalue weighted by Crippen LogP contribution is 2.40. The lowest BCUT2D eigenvalue weighted by molar-refractivity contribution is 0.474. The first-order chi connectivity index (χ1) is 13.5. The van der Waals surface area contributed by atoms with Crippen LogP contribution in [-0.2, 0) is 14.1 Å². The first kappa shape index (κ1) is 16.4. The number of phenolic OH excluding ortho intramolecular Hbond substituents is 1. The minimum absolute atomic E-state index is 0.158. The van der Waals surface area contributed by atoms with Crippen molar-refractivity contribution in [3.63, 3.8) is 0 Å². The molecule has 2 aromatic carbocycles. The molecular weight excluding hydrogens is 356 g/mol. The molecule has 140 valence electrons. The molecular formula is C21H18N4O3. The number of nitrogens with zero attached hydrogens (tertiary/aromatic N) is 3. The first-order valence-electron chi connectivity index (χ1n) is 8.93. The summed E-state index contributed by atoms with van der Waals surface area (Å²) in [5.74, 6) is 0.158. The molecule has 1 atom stereocenters. The van der Waals surface area contributed by atoms with Crippen LogP contribution in [0.3, 0.4) is 0 Å². The van der Waals surface area contributed by atoms with Gasteiger partial charge in [0.25, 0.3) is 5.56 Å². The van der Waals surface area contributed by atoms with Crippen molar-refractivity contribution in [2.75, 3.05) is 5.32 Å². The monoisotopic (exact) mass is 374 g/mol. The average molecular weight is 374 g/mol. The van der Waals surface area contributed by atoms with Crippen molar-refractivity contribution >= 4 is 16.6 Å². The summed E-state index contributed by atoms with van der Waals surface area (Å²) in [6.45, 7) is 0. The van der Waals surface area contributed by atoms with E-state index in [4.69, 9.17) is 0 Å². The summed E-state index contributed by atoms with van der Waals surface area (Å²) in [5, 5.41) is 14.0. The minimum Gasteiger partial charge on any atom is -0.508 e. The third kappa shape index (κ3) is 2.10. The van der Waals surface area contributed by atoms with E-state index in [2.05, 4.69) is 5.32 Å². The lowest BCUT2D eigenvalue weighted by atomic mass is 9.99. The fraction of sp³-hybridized carbons (Fsp3) is 0.143. The topological polar surface area (TPSA) is 81.2 Å². The van der Waals surface area contributed by atoms with Crippen LogP contribution in [0.15, 0.2) is 64.3 Å². The third-order valence-electron chi connectivity index (χ3n) is 5.40. The number of hydrogen-bond acceptors (Lipinski definition) is 4. The van der Waals surface area contributed by atoms with Crippen molar-refractivity contribution < 1.29 is 5.11 Å². The predicted molar refractivity (Wildman–Crippen MR) is 107 cm³/mol. The highest BCUT2D eigenvalue weighted by atomic mass is 16.3. The van der Waals surface area contributed by atoms with Crippen molar-refractivity contribution in [3.8, 4) is 11.4 Å². The Bertz CT molecular complexity index is 1380. The van der Waals surface area contributed by atoms with E-state index in [1.54, 1.807) is 31.4 Å². The van der Waals surface area contributed by atoms with E-state index in [1.165, 1.54) is 11.6 Å². The fourth-order valence-electron chi connectivity index (χ4n) is 4.06. The summed E-state index contributed by atoms with van der Waals surface area (Å²) >= 11 is 0. The summed E-state index contributed by atoms with van der Waals surface area (Å²) in [6, 6.07) is 14.5. The Balaban J connectivity index is 1.95. The van der Waals surface area contributed by atoms with Crippen LogP contribution < -0.4 is 16.6 Å². The maximum atomic E-state index is 12.8. The van der Waals surface area contributed by atoms with Gasteiger partial charge < -0.3 is 15.0 Å². The second-order valence-corrected chi connectivity index (χ2v) is 7.04. The fourth-order valence-corrected chi connectivity index (χ4v) is 4.06. The Morgan fingerprint density at radius 2 is 1.79 bits per heavy atom. The molecule has 1 aliphatic heterocycles. The quantitative estimate of drug-likeness (QED) is 0.535. The number of fused-ring (bicyclic) bond motifs is 5. The van der Waals surface area contributed by atoms with Gasteiger partial charge in [-0.15, -0.1) is 0 Å². The molecule has 0 amide bonds. The molecule has 4 aromatic rings. The number of aromatic nitrogens is 3. The molecule has 2 N–H and O–H groups in total. The largest absolute Gasteiger partial charge is 0.508 e. The van der Waals surface area contributed by atoms with Gasteiger partial charge in [0.1, 0.15) is 5.75 Å². The molecule has 3 heterocycles. The van der Waals surface area contributed by atoms with Crippen LogP contribution in [0, 0.1) is 0 Å². The normalized spacial score (nSPS) is 15.1. The molecule has 0 aliphatic carbocycles. The Morgan fingerprint density at radius 3 is 2.57 bits per heavy atom. The standard InChI is InChI=1S/C21H18N4O3/c1-23-18-14(20(27)24(2)21(23)28)11-25-16-9-4-3-8-15(16)22-17(19(18)25)12-6-5-7-13(26)10-12/h3-11,17,22,26H,1-2H3/t17-/m1/s1.